The summed E-state index contributed by atoms with van der Waals surface area (Å²) in [5.41, 5.74) is 3.97. The van der Waals surface area contributed by atoms with Crippen molar-refractivity contribution in [2.75, 3.05) is 67.8 Å². The fraction of sp³-hybridized carbons (Fsp3) is 0.444. The van der Waals surface area contributed by atoms with Gasteiger partial charge in [-0.25, -0.2) is 5.43 Å². The molecule has 0 saturated carbocycles. The molecule has 4 rings (SSSR count). The number of benzene rings is 1. The second-order valence-electron chi connectivity index (χ2n) is 6.38. The first-order chi connectivity index (χ1) is 13.8. The molecule has 0 atom stereocenters. The van der Waals surface area contributed by atoms with Crippen LogP contribution in [-0.2, 0) is 9.47 Å². The Morgan fingerprint density at radius 3 is 2.11 bits per heavy atom. The molecule has 0 spiro atoms. The third kappa shape index (κ3) is 5.06. The Kier molecular flexibility index (Phi) is 6.49. The van der Waals surface area contributed by atoms with Crippen molar-refractivity contribution in [2.45, 2.75) is 0 Å². The van der Waals surface area contributed by atoms with Gasteiger partial charge in [-0.1, -0.05) is 12.1 Å². The number of hydrazone groups is 1. The number of aromatic nitrogens is 3. The van der Waals surface area contributed by atoms with Crippen molar-refractivity contribution in [1.82, 2.24) is 15.0 Å². The first-order valence-corrected chi connectivity index (χ1v) is 10.3. The van der Waals surface area contributed by atoms with Gasteiger partial charge in [-0.2, -0.15) is 20.1 Å². The van der Waals surface area contributed by atoms with Crippen LogP contribution < -0.4 is 15.2 Å². The van der Waals surface area contributed by atoms with E-state index in [1.165, 1.54) is 0 Å². The predicted molar refractivity (Wildman–Crippen MR) is 116 cm³/mol. The summed E-state index contributed by atoms with van der Waals surface area (Å²) in [5.74, 6) is 1.72. The second kappa shape index (κ2) is 9.43. The molecule has 2 aliphatic heterocycles. The summed E-state index contributed by atoms with van der Waals surface area (Å²) in [7, 11) is 0. The standard InChI is InChI=1S/C18H22IN7O2/c19-15-3-1-2-14(12-15)13-20-24-16-21-17(25-4-8-27-9-5-25)23-18(22-16)26-6-10-28-11-7-26/h1-3,12-13H,4-11H2,(H,21,22,23,24)/b20-13-. The molecular weight excluding hydrogens is 473 g/mol. The van der Waals surface area contributed by atoms with Crippen LogP contribution in [0, 0.1) is 3.57 Å². The molecule has 0 unspecified atom stereocenters. The molecule has 2 saturated heterocycles. The number of hydrogen-bond acceptors (Lipinski definition) is 9. The molecule has 1 aromatic heterocycles. The maximum absolute atomic E-state index is 5.44. The summed E-state index contributed by atoms with van der Waals surface area (Å²) in [6.07, 6.45) is 1.76. The van der Waals surface area contributed by atoms with Gasteiger partial charge in [0, 0.05) is 29.7 Å². The van der Waals surface area contributed by atoms with Gasteiger partial charge >= 0.3 is 0 Å². The van der Waals surface area contributed by atoms with Crippen molar-refractivity contribution in [3.63, 3.8) is 0 Å². The Bertz CT molecular complexity index is 787. The van der Waals surface area contributed by atoms with E-state index in [0.717, 1.165) is 35.3 Å². The number of rotatable bonds is 5. The van der Waals surface area contributed by atoms with Crippen LogP contribution in [0.3, 0.4) is 0 Å². The summed E-state index contributed by atoms with van der Waals surface area (Å²) in [4.78, 5) is 18.0. The van der Waals surface area contributed by atoms with E-state index in [4.69, 9.17) is 9.47 Å². The van der Waals surface area contributed by atoms with Crippen LogP contribution in [0.25, 0.3) is 0 Å². The highest BCUT2D eigenvalue weighted by molar-refractivity contribution is 14.1. The lowest BCUT2D eigenvalue weighted by molar-refractivity contribution is 0.121. The molecule has 9 nitrogen and oxygen atoms in total. The highest BCUT2D eigenvalue weighted by atomic mass is 127. The maximum atomic E-state index is 5.44. The number of halogens is 1. The van der Waals surface area contributed by atoms with Crippen LogP contribution in [0.15, 0.2) is 29.4 Å². The Balaban J connectivity index is 1.55. The van der Waals surface area contributed by atoms with Crippen LogP contribution in [-0.4, -0.2) is 73.8 Å². The Labute approximate surface area is 177 Å². The van der Waals surface area contributed by atoms with Crippen molar-refractivity contribution in [3.8, 4) is 0 Å². The van der Waals surface area contributed by atoms with Gasteiger partial charge in [0.2, 0.25) is 17.8 Å². The topological polar surface area (TPSA) is 88.0 Å². The fourth-order valence-electron chi connectivity index (χ4n) is 2.96. The smallest absolute Gasteiger partial charge is 0.250 e. The third-order valence-corrected chi connectivity index (χ3v) is 5.10. The average Bonchev–Trinajstić information content (AvgIpc) is 2.75. The molecule has 1 N–H and O–H groups in total. The zero-order valence-electron chi connectivity index (χ0n) is 15.4. The number of nitrogens with one attached hydrogen (secondary N) is 1. The van der Waals surface area contributed by atoms with Gasteiger partial charge in [0.15, 0.2) is 0 Å². The zero-order valence-corrected chi connectivity index (χ0v) is 17.6. The lowest BCUT2D eigenvalue weighted by Crippen LogP contribution is -2.40. The van der Waals surface area contributed by atoms with Crippen LogP contribution in [0.5, 0.6) is 0 Å². The molecule has 0 radical (unpaired) electrons. The minimum Gasteiger partial charge on any atom is -0.378 e. The lowest BCUT2D eigenvalue weighted by atomic mass is 10.2. The van der Waals surface area contributed by atoms with Gasteiger partial charge < -0.3 is 19.3 Å². The molecule has 10 heteroatoms. The number of ether oxygens (including phenoxy) is 2. The number of hydrogen-bond donors (Lipinski definition) is 1. The number of anilines is 3. The summed E-state index contributed by atoms with van der Waals surface area (Å²) < 4.78 is 12.0. The van der Waals surface area contributed by atoms with Crippen molar-refractivity contribution in [2.24, 2.45) is 5.10 Å². The molecule has 2 aromatic rings. The maximum Gasteiger partial charge on any atom is 0.250 e. The molecular formula is C18H22IN7O2. The molecule has 2 fully saturated rings. The van der Waals surface area contributed by atoms with Crippen molar-refractivity contribution >= 4 is 46.7 Å². The molecule has 0 aliphatic carbocycles. The van der Waals surface area contributed by atoms with E-state index in [1.54, 1.807) is 6.21 Å². The molecule has 148 valence electrons. The summed E-state index contributed by atoms with van der Waals surface area (Å²) >= 11 is 2.28. The lowest BCUT2D eigenvalue weighted by Gasteiger charge is -2.30. The van der Waals surface area contributed by atoms with Crippen LogP contribution in [0.2, 0.25) is 0 Å². The van der Waals surface area contributed by atoms with Gasteiger partial charge in [0.1, 0.15) is 0 Å². The molecule has 1 aromatic carbocycles. The van der Waals surface area contributed by atoms with Crippen LogP contribution in [0.1, 0.15) is 5.56 Å². The first-order valence-electron chi connectivity index (χ1n) is 9.24. The van der Waals surface area contributed by atoms with Gasteiger partial charge in [-0.05, 0) is 40.3 Å². The van der Waals surface area contributed by atoms with E-state index in [0.29, 0.717) is 44.3 Å². The quantitative estimate of drug-likeness (QED) is 0.381. The van der Waals surface area contributed by atoms with Crippen molar-refractivity contribution in [1.29, 1.82) is 0 Å². The minimum atomic E-state index is 0.430. The van der Waals surface area contributed by atoms with E-state index in [9.17, 15) is 0 Å². The van der Waals surface area contributed by atoms with Gasteiger partial charge in [0.25, 0.3) is 0 Å². The van der Waals surface area contributed by atoms with Crippen LogP contribution in [0.4, 0.5) is 17.8 Å². The molecule has 0 bridgehead atoms. The summed E-state index contributed by atoms with van der Waals surface area (Å²) in [6.45, 7) is 5.74. The monoisotopic (exact) mass is 495 g/mol. The highest BCUT2D eigenvalue weighted by Crippen LogP contribution is 2.18. The normalized spacial score (nSPS) is 17.9. The van der Waals surface area contributed by atoms with E-state index in [-0.39, 0.29) is 0 Å². The fourth-order valence-corrected chi connectivity index (χ4v) is 3.53. The molecule has 2 aliphatic rings. The Morgan fingerprint density at radius 1 is 0.929 bits per heavy atom. The summed E-state index contributed by atoms with van der Waals surface area (Å²) in [6, 6.07) is 8.09. The van der Waals surface area contributed by atoms with Crippen LogP contribution >= 0.6 is 22.6 Å². The van der Waals surface area contributed by atoms with E-state index >= 15 is 0 Å². The zero-order chi connectivity index (χ0) is 19.2. The highest BCUT2D eigenvalue weighted by Gasteiger charge is 2.20. The van der Waals surface area contributed by atoms with E-state index in [2.05, 4.69) is 63.9 Å². The van der Waals surface area contributed by atoms with Gasteiger partial charge in [0.05, 0.1) is 32.6 Å². The molecule has 3 heterocycles. The number of nitrogens with zero attached hydrogens (tertiary/aromatic N) is 6. The first kappa shape index (κ1) is 19.3. The largest absolute Gasteiger partial charge is 0.378 e. The second-order valence-corrected chi connectivity index (χ2v) is 7.63. The number of morpholine rings is 2. The predicted octanol–water partition coefficient (Wildman–Crippen LogP) is 1.60. The Hall–Kier alpha value is -2.05. The van der Waals surface area contributed by atoms with Gasteiger partial charge in [-0.15, -0.1) is 0 Å². The molecule has 0 amide bonds. The van der Waals surface area contributed by atoms with Gasteiger partial charge in [-0.3, -0.25) is 0 Å². The van der Waals surface area contributed by atoms with E-state index in [1.807, 2.05) is 18.2 Å². The SMILES string of the molecule is Ic1cccc(/C=N\Nc2nc(N3CCOCC3)nc(N3CCOCC3)n2)c1. The van der Waals surface area contributed by atoms with E-state index < -0.39 is 0 Å². The minimum absolute atomic E-state index is 0.430. The average molecular weight is 495 g/mol. The Morgan fingerprint density at radius 2 is 1.54 bits per heavy atom. The third-order valence-electron chi connectivity index (χ3n) is 4.43. The van der Waals surface area contributed by atoms with Crippen molar-refractivity contribution in [3.05, 3.63) is 33.4 Å². The van der Waals surface area contributed by atoms with Crippen molar-refractivity contribution < 1.29 is 9.47 Å². The summed E-state index contributed by atoms with van der Waals surface area (Å²) in [5, 5.41) is 4.31. The molecule has 28 heavy (non-hydrogen) atoms.